The summed E-state index contributed by atoms with van der Waals surface area (Å²) in [5, 5.41) is 0. The maximum Gasteiger partial charge on any atom is 0.164 e. The smallest absolute Gasteiger partial charge is 0.164 e. The van der Waals surface area contributed by atoms with Gasteiger partial charge in [-0.2, -0.15) is 0 Å². The van der Waals surface area contributed by atoms with Gasteiger partial charge in [0.15, 0.2) is 11.5 Å². The first kappa shape index (κ1) is 13.9. The topological polar surface area (TPSA) is 18.5 Å². The number of benzene rings is 1. The van der Waals surface area contributed by atoms with E-state index in [0.29, 0.717) is 6.61 Å². The number of methoxy groups -OCH3 is 1. The molecule has 0 saturated carbocycles. The van der Waals surface area contributed by atoms with Gasteiger partial charge in [-0.25, -0.2) is 0 Å². The van der Waals surface area contributed by atoms with E-state index in [2.05, 4.69) is 26.8 Å². The summed E-state index contributed by atoms with van der Waals surface area (Å²) in [7, 11) is 1.71. The third-order valence-corrected chi connectivity index (χ3v) is 3.15. The molecular weight excluding hydrogens is 212 g/mol. The van der Waals surface area contributed by atoms with Crippen molar-refractivity contribution in [3.63, 3.8) is 0 Å². The molecule has 0 unspecified atom stereocenters. The minimum absolute atomic E-state index is 0.679. The van der Waals surface area contributed by atoms with Gasteiger partial charge in [-0.1, -0.05) is 20.8 Å². The standard InChI is InChI=1S/C15H24O2/c1-6-11-10-14(16-5)15(17-9-4)13(8-3)12(11)7-2/h10H,6-9H2,1-5H3. The van der Waals surface area contributed by atoms with E-state index in [1.165, 1.54) is 16.7 Å². The highest BCUT2D eigenvalue weighted by Gasteiger charge is 2.16. The molecule has 1 aromatic carbocycles. The Balaban J connectivity index is 3.44. The van der Waals surface area contributed by atoms with E-state index in [0.717, 1.165) is 30.8 Å². The van der Waals surface area contributed by atoms with Gasteiger partial charge in [0.25, 0.3) is 0 Å². The minimum atomic E-state index is 0.679. The van der Waals surface area contributed by atoms with Crippen molar-refractivity contribution in [3.05, 3.63) is 22.8 Å². The molecule has 0 fully saturated rings. The van der Waals surface area contributed by atoms with Crippen molar-refractivity contribution in [3.8, 4) is 11.5 Å². The Labute approximate surface area is 105 Å². The summed E-state index contributed by atoms with van der Waals surface area (Å²) in [6.07, 6.45) is 3.08. The summed E-state index contributed by atoms with van der Waals surface area (Å²) in [4.78, 5) is 0. The second-order valence-corrected chi connectivity index (χ2v) is 4.02. The van der Waals surface area contributed by atoms with Gasteiger partial charge in [0.1, 0.15) is 0 Å². The summed E-state index contributed by atoms with van der Waals surface area (Å²) in [5.74, 6) is 1.81. The van der Waals surface area contributed by atoms with E-state index >= 15 is 0 Å². The second kappa shape index (κ2) is 6.53. The zero-order chi connectivity index (χ0) is 12.8. The van der Waals surface area contributed by atoms with Crippen LogP contribution < -0.4 is 9.47 Å². The van der Waals surface area contributed by atoms with Gasteiger partial charge >= 0.3 is 0 Å². The molecule has 1 aromatic rings. The predicted molar refractivity (Wildman–Crippen MR) is 72.3 cm³/mol. The number of hydrogen-bond acceptors (Lipinski definition) is 2. The molecule has 0 N–H and O–H groups in total. The Morgan fingerprint density at radius 3 is 2.00 bits per heavy atom. The van der Waals surface area contributed by atoms with Gasteiger partial charge in [0.05, 0.1) is 13.7 Å². The largest absolute Gasteiger partial charge is 0.493 e. The zero-order valence-corrected chi connectivity index (χ0v) is 11.7. The number of ether oxygens (including phenoxy) is 2. The van der Waals surface area contributed by atoms with Crippen LogP contribution in [0.5, 0.6) is 11.5 Å². The fourth-order valence-corrected chi connectivity index (χ4v) is 2.37. The molecule has 0 aliphatic carbocycles. The third-order valence-electron chi connectivity index (χ3n) is 3.15. The van der Waals surface area contributed by atoms with Crippen molar-refractivity contribution in [1.82, 2.24) is 0 Å². The first-order valence-electron chi connectivity index (χ1n) is 6.57. The van der Waals surface area contributed by atoms with E-state index in [9.17, 15) is 0 Å². The van der Waals surface area contributed by atoms with Crippen LogP contribution in [0.2, 0.25) is 0 Å². The number of hydrogen-bond donors (Lipinski definition) is 0. The molecule has 0 spiro atoms. The predicted octanol–water partition coefficient (Wildman–Crippen LogP) is 3.78. The molecule has 96 valence electrons. The van der Waals surface area contributed by atoms with Crippen LogP contribution >= 0.6 is 0 Å². The molecule has 1 rings (SSSR count). The van der Waals surface area contributed by atoms with Crippen molar-refractivity contribution in [2.45, 2.75) is 47.0 Å². The zero-order valence-electron chi connectivity index (χ0n) is 11.7. The van der Waals surface area contributed by atoms with Crippen LogP contribution in [0.1, 0.15) is 44.4 Å². The van der Waals surface area contributed by atoms with Crippen LogP contribution in [0, 0.1) is 0 Å². The van der Waals surface area contributed by atoms with Gasteiger partial charge in [-0.05, 0) is 43.4 Å². The second-order valence-electron chi connectivity index (χ2n) is 4.02. The van der Waals surface area contributed by atoms with Crippen LogP contribution in [0.3, 0.4) is 0 Å². The van der Waals surface area contributed by atoms with Gasteiger partial charge in [0, 0.05) is 5.56 Å². The molecule has 0 aromatic heterocycles. The highest BCUT2D eigenvalue weighted by Crippen LogP contribution is 2.37. The van der Waals surface area contributed by atoms with Crippen LogP contribution in [0.15, 0.2) is 6.07 Å². The lowest BCUT2D eigenvalue weighted by Crippen LogP contribution is -2.05. The normalized spacial score (nSPS) is 10.4. The molecule has 0 atom stereocenters. The number of aryl methyl sites for hydroxylation is 1. The van der Waals surface area contributed by atoms with Gasteiger partial charge in [-0.15, -0.1) is 0 Å². The first-order valence-corrected chi connectivity index (χ1v) is 6.57. The van der Waals surface area contributed by atoms with Crippen LogP contribution in [-0.4, -0.2) is 13.7 Å². The van der Waals surface area contributed by atoms with E-state index < -0.39 is 0 Å². The van der Waals surface area contributed by atoms with Crippen molar-refractivity contribution in [2.24, 2.45) is 0 Å². The average Bonchev–Trinajstić information content (AvgIpc) is 2.37. The Morgan fingerprint density at radius 2 is 1.59 bits per heavy atom. The molecule has 2 heteroatoms. The third kappa shape index (κ3) is 2.74. The summed E-state index contributed by atoms with van der Waals surface area (Å²) in [6, 6.07) is 2.13. The van der Waals surface area contributed by atoms with E-state index in [1.54, 1.807) is 7.11 Å². The lowest BCUT2D eigenvalue weighted by molar-refractivity contribution is 0.307. The van der Waals surface area contributed by atoms with Crippen molar-refractivity contribution in [1.29, 1.82) is 0 Å². The molecule has 0 amide bonds. The Morgan fingerprint density at radius 1 is 0.941 bits per heavy atom. The summed E-state index contributed by atoms with van der Waals surface area (Å²) in [5.41, 5.74) is 4.12. The molecule has 0 aliphatic heterocycles. The van der Waals surface area contributed by atoms with Crippen LogP contribution in [0.25, 0.3) is 0 Å². The van der Waals surface area contributed by atoms with Crippen molar-refractivity contribution in [2.75, 3.05) is 13.7 Å². The quantitative estimate of drug-likeness (QED) is 0.748. The highest BCUT2D eigenvalue weighted by atomic mass is 16.5. The molecular formula is C15H24O2. The lowest BCUT2D eigenvalue weighted by atomic mass is 9.94. The van der Waals surface area contributed by atoms with Crippen molar-refractivity contribution < 1.29 is 9.47 Å². The molecule has 0 saturated heterocycles. The summed E-state index contributed by atoms with van der Waals surface area (Å²) < 4.78 is 11.2. The maximum absolute atomic E-state index is 5.77. The van der Waals surface area contributed by atoms with Crippen molar-refractivity contribution >= 4 is 0 Å². The Hall–Kier alpha value is -1.18. The minimum Gasteiger partial charge on any atom is -0.493 e. The summed E-state index contributed by atoms with van der Waals surface area (Å²) >= 11 is 0. The molecule has 0 radical (unpaired) electrons. The van der Waals surface area contributed by atoms with E-state index in [-0.39, 0.29) is 0 Å². The molecule has 0 bridgehead atoms. The van der Waals surface area contributed by atoms with Gasteiger partial charge < -0.3 is 9.47 Å². The molecule has 0 heterocycles. The molecule has 2 nitrogen and oxygen atoms in total. The molecule has 17 heavy (non-hydrogen) atoms. The van der Waals surface area contributed by atoms with Crippen LogP contribution in [0.4, 0.5) is 0 Å². The first-order chi connectivity index (χ1) is 8.23. The average molecular weight is 236 g/mol. The Kier molecular flexibility index (Phi) is 5.33. The maximum atomic E-state index is 5.77. The Bertz CT molecular complexity index is 370. The fraction of sp³-hybridized carbons (Fsp3) is 0.600. The van der Waals surface area contributed by atoms with Gasteiger partial charge in [-0.3, -0.25) is 0 Å². The monoisotopic (exact) mass is 236 g/mol. The fourth-order valence-electron chi connectivity index (χ4n) is 2.37. The summed E-state index contributed by atoms with van der Waals surface area (Å²) in [6.45, 7) is 9.26. The SMILES string of the molecule is CCOc1c(OC)cc(CC)c(CC)c1CC. The lowest BCUT2D eigenvalue weighted by Gasteiger charge is -2.19. The number of rotatable bonds is 6. The highest BCUT2D eigenvalue weighted by molar-refractivity contribution is 5.54. The molecule has 0 aliphatic rings. The van der Waals surface area contributed by atoms with Gasteiger partial charge in [0.2, 0.25) is 0 Å². The van der Waals surface area contributed by atoms with E-state index in [4.69, 9.17) is 9.47 Å². The van der Waals surface area contributed by atoms with Crippen LogP contribution in [-0.2, 0) is 19.3 Å². The van der Waals surface area contributed by atoms with E-state index in [1.807, 2.05) is 6.92 Å².